The molecule has 6 nitrogen and oxygen atoms in total. The molecule has 1 N–H and O–H groups in total. The number of amides is 1. The van der Waals surface area contributed by atoms with E-state index in [-0.39, 0.29) is 11.5 Å². The summed E-state index contributed by atoms with van der Waals surface area (Å²) in [6.07, 6.45) is 0.467. The lowest BCUT2D eigenvalue weighted by Crippen LogP contribution is -2.38. The van der Waals surface area contributed by atoms with Crippen LogP contribution in [0.2, 0.25) is 0 Å². The van der Waals surface area contributed by atoms with Crippen molar-refractivity contribution in [3.8, 4) is 5.75 Å². The SMILES string of the molecule is CCC(C(=O)NCc1ccc(OC)cc1)n1nc(C)c2sc3ccccc3c2c1=O. The number of methoxy groups -OCH3 is 1. The van der Waals surface area contributed by atoms with Crippen molar-refractivity contribution >= 4 is 37.4 Å². The molecule has 2 heterocycles. The maximum atomic E-state index is 13.3. The zero-order valence-electron chi connectivity index (χ0n) is 17.1. The first-order chi connectivity index (χ1) is 14.5. The number of benzene rings is 2. The predicted molar refractivity (Wildman–Crippen MR) is 120 cm³/mol. The highest BCUT2D eigenvalue weighted by Gasteiger charge is 2.24. The number of nitrogens with one attached hydrogen (secondary N) is 1. The molecule has 0 fully saturated rings. The van der Waals surface area contributed by atoms with E-state index >= 15 is 0 Å². The Morgan fingerprint density at radius 1 is 1.20 bits per heavy atom. The van der Waals surface area contributed by atoms with E-state index in [0.29, 0.717) is 18.4 Å². The molecule has 1 atom stereocenters. The molecule has 0 bridgehead atoms. The average molecular weight is 422 g/mol. The highest BCUT2D eigenvalue weighted by Crippen LogP contribution is 2.33. The molecule has 1 amide bonds. The van der Waals surface area contributed by atoms with E-state index in [0.717, 1.165) is 31.8 Å². The van der Waals surface area contributed by atoms with E-state index in [4.69, 9.17) is 4.74 Å². The number of nitrogens with zero attached hydrogens (tertiary/aromatic N) is 2. The molecule has 7 heteroatoms. The highest BCUT2D eigenvalue weighted by atomic mass is 32.1. The molecule has 2 aromatic carbocycles. The smallest absolute Gasteiger partial charge is 0.276 e. The fourth-order valence-corrected chi connectivity index (χ4v) is 4.74. The summed E-state index contributed by atoms with van der Waals surface area (Å²) >= 11 is 1.56. The van der Waals surface area contributed by atoms with Gasteiger partial charge in [0.1, 0.15) is 11.8 Å². The van der Waals surface area contributed by atoms with Gasteiger partial charge in [-0.15, -0.1) is 11.3 Å². The Hall–Kier alpha value is -3.19. The Labute approximate surface area is 178 Å². The lowest BCUT2D eigenvalue weighted by Gasteiger charge is -2.17. The number of fused-ring (bicyclic) bond motifs is 3. The molecule has 0 saturated heterocycles. The summed E-state index contributed by atoms with van der Waals surface area (Å²) < 4.78 is 8.43. The number of hydrogen-bond donors (Lipinski definition) is 1. The molecule has 30 heavy (non-hydrogen) atoms. The molecular formula is C23H23N3O3S. The van der Waals surface area contributed by atoms with Crippen LogP contribution in [0.4, 0.5) is 0 Å². The summed E-state index contributed by atoms with van der Waals surface area (Å²) in [5.74, 6) is 0.542. The van der Waals surface area contributed by atoms with E-state index in [2.05, 4.69) is 10.4 Å². The van der Waals surface area contributed by atoms with Gasteiger partial charge in [0.15, 0.2) is 0 Å². The van der Waals surface area contributed by atoms with Crippen molar-refractivity contribution in [1.29, 1.82) is 0 Å². The van der Waals surface area contributed by atoms with Gasteiger partial charge in [0.05, 0.1) is 22.9 Å². The topological polar surface area (TPSA) is 73.2 Å². The number of aryl methyl sites for hydroxylation is 1. The van der Waals surface area contributed by atoms with Crippen molar-refractivity contribution in [3.63, 3.8) is 0 Å². The van der Waals surface area contributed by atoms with Crippen LogP contribution in [-0.2, 0) is 11.3 Å². The summed E-state index contributed by atoms with van der Waals surface area (Å²) in [6.45, 7) is 4.14. The van der Waals surface area contributed by atoms with Crippen LogP contribution in [0.1, 0.15) is 30.6 Å². The second-order valence-corrected chi connectivity index (χ2v) is 8.18. The first-order valence-electron chi connectivity index (χ1n) is 9.84. The summed E-state index contributed by atoms with van der Waals surface area (Å²) in [5, 5.41) is 8.99. The minimum absolute atomic E-state index is 0.221. The molecule has 0 aliphatic carbocycles. The molecule has 0 aliphatic rings. The fourth-order valence-electron chi connectivity index (χ4n) is 3.61. The van der Waals surface area contributed by atoms with Crippen molar-refractivity contribution in [3.05, 3.63) is 70.1 Å². The summed E-state index contributed by atoms with van der Waals surface area (Å²) in [4.78, 5) is 26.3. The number of rotatable bonds is 6. The van der Waals surface area contributed by atoms with Crippen molar-refractivity contribution in [2.45, 2.75) is 32.9 Å². The third kappa shape index (κ3) is 3.57. The Balaban J connectivity index is 1.66. The third-order valence-electron chi connectivity index (χ3n) is 5.21. The lowest BCUT2D eigenvalue weighted by atomic mass is 10.1. The summed E-state index contributed by atoms with van der Waals surface area (Å²) in [7, 11) is 1.61. The lowest BCUT2D eigenvalue weighted by molar-refractivity contribution is -0.125. The maximum absolute atomic E-state index is 13.3. The molecule has 4 aromatic rings. The molecule has 0 spiro atoms. The molecule has 1 unspecified atom stereocenters. The number of carbonyl (C=O) groups excluding carboxylic acids is 1. The first kappa shape index (κ1) is 20.1. The van der Waals surface area contributed by atoms with E-state index in [9.17, 15) is 9.59 Å². The largest absolute Gasteiger partial charge is 0.497 e. The van der Waals surface area contributed by atoms with Gasteiger partial charge in [-0.05, 0) is 37.1 Å². The van der Waals surface area contributed by atoms with Gasteiger partial charge in [0.25, 0.3) is 5.56 Å². The van der Waals surface area contributed by atoms with E-state index in [1.54, 1.807) is 18.4 Å². The van der Waals surface area contributed by atoms with E-state index < -0.39 is 6.04 Å². The molecule has 0 radical (unpaired) electrons. The Morgan fingerprint density at radius 2 is 1.93 bits per heavy atom. The van der Waals surface area contributed by atoms with Crippen molar-refractivity contribution < 1.29 is 9.53 Å². The third-order valence-corrected chi connectivity index (χ3v) is 6.49. The Morgan fingerprint density at radius 3 is 2.63 bits per heavy atom. The van der Waals surface area contributed by atoms with Crippen LogP contribution in [0.5, 0.6) is 5.75 Å². The van der Waals surface area contributed by atoms with Crippen LogP contribution in [-0.4, -0.2) is 22.8 Å². The minimum Gasteiger partial charge on any atom is -0.497 e. The van der Waals surface area contributed by atoms with Crippen LogP contribution >= 0.6 is 11.3 Å². The van der Waals surface area contributed by atoms with Crippen LogP contribution in [0.25, 0.3) is 20.2 Å². The Bertz CT molecular complexity index is 1270. The van der Waals surface area contributed by atoms with Crippen molar-refractivity contribution in [1.82, 2.24) is 15.1 Å². The van der Waals surface area contributed by atoms with Crippen LogP contribution in [0, 0.1) is 6.92 Å². The second kappa shape index (κ2) is 8.28. The van der Waals surface area contributed by atoms with Gasteiger partial charge in [-0.2, -0.15) is 5.10 Å². The quantitative estimate of drug-likeness (QED) is 0.507. The normalized spacial score (nSPS) is 12.2. The monoisotopic (exact) mass is 421 g/mol. The number of ether oxygens (including phenoxy) is 1. The van der Waals surface area contributed by atoms with Crippen molar-refractivity contribution in [2.24, 2.45) is 0 Å². The number of carbonyl (C=O) groups is 1. The second-order valence-electron chi connectivity index (χ2n) is 7.13. The van der Waals surface area contributed by atoms with Gasteiger partial charge >= 0.3 is 0 Å². The minimum atomic E-state index is -0.669. The fraction of sp³-hybridized carbons (Fsp3) is 0.261. The average Bonchev–Trinajstić information content (AvgIpc) is 3.17. The van der Waals surface area contributed by atoms with Crippen LogP contribution in [0.15, 0.2) is 53.3 Å². The highest BCUT2D eigenvalue weighted by molar-refractivity contribution is 7.26. The number of thiophene rings is 1. The van der Waals surface area contributed by atoms with Crippen LogP contribution in [0.3, 0.4) is 0 Å². The zero-order valence-corrected chi connectivity index (χ0v) is 18.0. The standard InChI is InChI=1S/C23H23N3O3S/c1-4-18(22(27)24-13-15-9-11-16(29-3)12-10-15)26-23(28)20-17-7-5-6-8-19(17)30-21(20)14(2)25-26/h5-12,18H,4,13H2,1-3H3,(H,24,27). The molecule has 0 aliphatic heterocycles. The summed E-state index contributed by atoms with van der Waals surface area (Å²) in [5.41, 5.74) is 1.49. The molecule has 0 saturated carbocycles. The molecule has 154 valence electrons. The van der Waals surface area contributed by atoms with Gasteiger partial charge in [-0.3, -0.25) is 9.59 Å². The first-order valence-corrected chi connectivity index (χ1v) is 10.7. The predicted octanol–water partition coefficient (Wildman–Crippen LogP) is 4.20. The molecular weight excluding hydrogens is 398 g/mol. The van der Waals surface area contributed by atoms with E-state index in [1.165, 1.54) is 4.68 Å². The van der Waals surface area contributed by atoms with Gasteiger partial charge in [-0.25, -0.2) is 4.68 Å². The zero-order chi connectivity index (χ0) is 21.3. The number of hydrogen-bond acceptors (Lipinski definition) is 5. The maximum Gasteiger partial charge on any atom is 0.276 e. The van der Waals surface area contributed by atoms with Gasteiger partial charge in [-0.1, -0.05) is 37.3 Å². The van der Waals surface area contributed by atoms with Gasteiger partial charge in [0.2, 0.25) is 5.91 Å². The van der Waals surface area contributed by atoms with E-state index in [1.807, 2.05) is 62.4 Å². The van der Waals surface area contributed by atoms with Crippen molar-refractivity contribution in [2.75, 3.05) is 7.11 Å². The Kier molecular flexibility index (Phi) is 5.55. The van der Waals surface area contributed by atoms with Crippen LogP contribution < -0.4 is 15.6 Å². The summed E-state index contributed by atoms with van der Waals surface area (Å²) in [6, 6.07) is 14.7. The number of aromatic nitrogens is 2. The van der Waals surface area contributed by atoms with Gasteiger partial charge in [0, 0.05) is 16.6 Å². The van der Waals surface area contributed by atoms with Gasteiger partial charge < -0.3 is 10.1 Å². The molecule has 4 rings (SSSR count). The molecule has 2 aromatic heterocycles.